The van der Waals surface area contributed by atoms with Gasteiger partial charge >= 0.3 is 0 Å². The van der Waals surface area contributed by atoms with Gasteiger partial charge in [0.15, 0.2) is 4.80 Å². The van der Waals surface area contributed by atoms with Crippen molar-refractivity contribution in [2.45, 2.75) is 18.9 Å². The van der Waals surface area contributed by atoms with E-state index in [4.69, 9.17) is 4.99 Å². The largest absolute Gasteiger partial charge is 0.506 e. The van der Waals surface area contributed by atoms with Gasteiger partial charge in [0.25, 0.3) is 5.56 Å². The molecule has 3 heterocycles. The third kappa shape index (κ3) is 3.65. The molecule has 0 bridgehead atoms. The van der Waals surface area contributed by atoms with E-state index in [0.29, 0.717) is 14.9 Å². The zero-order valence-corrected chi connectivity index (χ0v) is 23.0. The summed E-state index contributed by atoms with van der Waals surface area (Å²) in [6, 6.07) is 16.3. The summed E-state index contributed by atoms with van der Waals surface area (Å²) in [7, 11) is 0. The minimum atomic E-state index is -0.142. The lowest BCUT2D eigenvalue weighted by Crippen LogP contribution is -2.38. The third-order valence-corrected chi connectivity index (χ3v) is 9.38. The topological polar surface area (TPSA) is 54.6 Å². The molecule has 0 radical (unpaired) electrons. The summed E-state index contributed by atoms with van der Waals surface area (Å²) < 4.78 is 4.21. The molecule has 1 aliphatic heterocycles. The average molecular weight is 694 g/mol. The van der Waals surface area contributed by atoms with Crippen molar-refractivity contribution in [2.75, 3.05) is 0 Å². The fraction of sp³-hybridized carbons (Fsp3) is 0.120. The molecule has 1 atom stereocenters. The Bertz CT molecular complexity index is 1630. The highest BCUT2D eigenvalue weighted by Gasteiger charge is 2.33. The highest BCUT2D eigenvalue weighted by atomic mass is 127. The van der Waals surface area contributed by atoms with Gasteiger partial charge < -0.3 is 5.11 Å². The Morgan fingerprint density at radius 1 is 1.12 bits per heavy atom. The SMILES string of the molecule is O=c1/c(=C\c2cc(I)cc(I)c2O)sc2n1[C@H](c1cccs1)C1=C(N=2)c2ccccc2CC1. The van der Waals surface area contributed by atoms with E-state index in [1.165, 1.54) is 28.0 Å². The van der Waals surface area contributed by atoms with Crippen LogP contribution in [-0.2, 0) is 6.42 Å². The van der Waals surface area contributed by atoms with Crippen LogP contribution >= 0.6 is 67.9 Å². The van der Waals surface area contributed by atoms with E-state index in [2.05, 4.69) is 80.9 Å². The summed E-state index contributed by atoms with van der Waals surface area (Å²) >= 11 is 7.41. The van der Waals surface area contributed by atoms with Gasteiger partial charge in [0, 0.05) is 19.6 Å². The number of hydrogen-bond donors (Lipinski definition) is 1. The summed E-state index contributed by atoms with van der Waals surface area (Å²) in [5, 5.41) is 12.6. The molecule has 0 unspecified atom stereocenters. The van der Waals surface area contributed by atoms with E-state index in [1.807, 2.05) is 22.8 Å². The van der Waals surface area contributed by atoms with Crippen LogP contribution in [0.15, 0.2) is 69.3 Å². The van der Waals surface area contributed by atoms with E-state index >= 15 is 0 Å². The van der Waals surface area contributed by atoms with Gasteiger partial charge in [0.05, 0.1) is 19.8 Å². The fourth-order valence-electron chi connectivity index (χ4n) is 4.56. The molecule has 0 saturated carbocycles. The lowest BCUT2D eigenvalue weighted by Gasteiger charge is -2.30. The van der Waals surface area contributed by atoms with E-state index in [9.17, 15) is 9.90 Å². The van der Waals surface area contributed by atoms with Gasteiger partial charge in [-0.2, -0.15) is 0 Å². The molecule has 33 heavy (non-hydrogen) atoms. The van der Waals surface area contributed by atoms with Gasteiger partial charge in [-0.1, -0.05) is 41.7 Å². The van der Waals surface area contributed by atoms with E-state index < -0.39 is 0 Å². The number of aromatic hydroxyl groups is 1. The van der Waals surface area contributed by atoms with Crippen molar-refractivity contribution in [1.82, 2.24) is 4.57 Å². The molecule has 8 heteroatoms. The number of nitrogens with zero attached hydrogens (tertiary/aromatic N) is 2. The van der Waals surface area contributed by atoms with Crippen LogP contribution in [0.1, 0.15) is 34.0 Å². The Labute approximate surface area is 224 Å². The minimum absolute atomic E-state index is 0.0594. The molecule has 0 spiro atoms. The van der Waals surface area contributed by atoms with Crippen LogP contribution in [0.4, 0.5) is 0 Å². The predicted molar refractivity (Wildman–Crippen MR) is 151 cm³/mol. The first kappa shape index (κ1) is 21.8. The monoisotopic (exact) mass is 694 g/mol. The molecule has 0 saturated heterocycles. The maximum absolute atomic E-state index is 13.7. The van der Waals surface area contributed by atoms with Crippen molar-refractivity contribution in [2.24, 2.45) is 4.99 Å². The van der Waals surface area contributed by atoms with Crippen LogP contribution in [0.2, 0.25) is 0 Å². The molecular formula is C25H16I2N2O2S2. The number of aryl methyl sites for hydroxylation is 1. The van der Waals surface area contributed by atoms with Crippen molar-refractivity contribution in [3.05, 3.63) is 108 Å². The number of fused-ring (bicyclic) bond motifs is 3. The first-order chi connectivity index (χ1) is 16.0. The quantitative estimate of drug-likeness (QED) is 0.290. The lowest BCUT2D eigenvalue weighted by molar-refractivity contribution is 0.470. The Morgan fingerprint density at radius 3 is 2.79 bits per heavy atom. The number of phenolic OH excluding ortho intramolecular Hbond substituents is 1. The number of allylic oxidation sites excluding steroid dienone is 1. The highest BCUT2D eigenvalue weighted by Crippen LogP contribution is 2.42. The second-order valence-electron chi connectivity index (χ2n) is 7.95. The smallest absolute Gasteiger partial charge is 0.271 e. The first-order valence-corrected chi connectivity index (χ1v) is 14.2. The lowest BCUT2D eigenvalue weighted by atomic mass is 9.85. The van der Waals surface area contributed by atoms with Gasteiger partial charge in [0.2, 0.25) is 0 Å². The maximum atomic E-state index is 13.7. The Morgan fingerprint density at radius 2 is 1.97 bits per heavy atom. The predicted octanol–water partition coefficient (Wildman–Crippen LogP) is 5.30. The number of thiazole rings is 1. The van der Waals surface area contributed by atoms with E-state index in [1.54, 1.807) is 17.4 Å². The molecule has 0 fully saturated rings. The molecule has 164 valence electrons. The summed E-state index contributed by atoms with van der Waals surface area (Å²) in [6.45, 7) is 0. The summed E-state index contributed by atoms with van der Waals surface area (Å²) in [4.78, 5) is 20.6. The molecule has 1 aliphatic carbocycles. The second kappa shape index (κ2) is 8.47. The molecule has 0 amide bonds. The molecule has 6 rings (SSSR count). The van der Waals surface area contributed by atoms with Crippen LogP contribution in [-0.4, -0.2) is 9.67 Å². The number of phenols is 1. The number of benzene rings is 2. The first-order valence-electron chi connectivity index (χ1n) is 10.4. The van der Waals surface area contributed by atoms with Crippen LogP contribution in [0.3, 0.4) is 0 Å². The Hall–Kier alpha value is -1.76. The van der Waals surface area contributed by atoms with Crippen molar-refractivity contribution >= 4 is 79.6 Å². The molecular weight excluding hydrogens is 678 g/mol. The highest BCUT2D eigenvalue weighted by molar-refractivity contribution is 14.1. The van der Waals surface area contributed by atoms with Gasteiger partial charge in [0.1, 0.15) is 5.75 Å². The van der Waals surface area contributed by atoms with E-state index in [0.717, 1.165) is 30.6 Å². The van der Waals surface area contributed by atoms with Gasteiger partial charge in [-0.05, 0) is 98.8 Å². The van der Waals surface area contributed by atoms with Crippen LogP contribution < -0.4 is 14.9 Å². The van der Waals surface area contributed by atoms with Crippen molar-refractivity contribution in [1.29, 1.82) is 0 Å². The maximum Gasteiger partial charge on any atom is 0.271 e. The zero-order valence-electron chi connectivity index (χ0n) is 17.1. The van der Waals surface area contributed by atoms with Gasteiger partial charge in [-0.3, -0.25) is 9.36 Å². The van der Waals surface area contributed by atoms with Crippen LogP contribution in [0.5, 0.6) is 5.75 Å². The third-order valence-electron chi connectivity index (χ3n) is 6.03. The van der Waals surface area contributed by atoms with Crippen LogP contribution in [0, 0.1) is 7.14 Å². The number of halogens is 2. The molecule has 4 nitrogen and oxygen atoms in total. The number of aromatic nitrogens is 1. The zero-order chi connectivity index (χ0) is 22.7. The van der Waals surface area contributed by atoms with Crippen LogP contribution in [0.25, 0.3) is 11.8 Å². The van der Waals surface area contributed by atoms with E-state index in [-0.39, 0.29) is 17.4 Å². The number of rotatable bonds is 2. The Kier molecular flexibility index (Phi) is 5.58. The Balaban J connectivity index is 1.63. The standard InChI is InChI=1S/C25H16I2N2O2S2/c26-15-10-14(23(30)18(27)12-15)11-20-24(31)29-22(19-6-3-9-32-19)17-8-7-13-4-1-2-5-16(13)21(17)28-25(29)33-20/h1-6,9-12,22,30H,7-8H2/b20-11+/t22-/m0/s1. The van der Waals surface area contributed by atoms with Crippen molar-refractivity contribution < 1.29 is 5.11 Å². The molecule has 2 aromatic carbocycles. The average Bonchev–Trinajstić information content (AvgIpc) is 3.44. The summed E-state index contributed by atoms with van der Waals surface area (Å²) in [6.07, 6.45) is 3.63. The number of hydrogen-bond acceptors (Lipinski definition) is 5. The van der Waals surface area contributed by atoms with Crippen molar-refractivity contribution in [3.63, 3.8) is 0 Å². The fourth-order valence-corrected chi connectivity index (χ4v) is 8.28. The second-order valence-corrected chi connectivity index (χ2v) is 12.4. The molecule has 2 aromatic heterocycles. The van der Waals surface area contributed by atoms with Gasteiger partial charge in [-0.15, -0.1) is 11.3 Å². The normalized spacial score (nSPS) is 17.4. The molecule has 2 aliphatic rings. The van der Waals surface area contributed by atoms with Crippen molar-refractivity contribution in [3.8, 4) is 5.75 Å². The van der Waals surface area contributed by atoms with Gasteiger partial charge in [-0.25, -0.2) is 4.99 Å². The minimum Gasteiger partial charge on any atom is -0.506 e. The molecule has 1 N–H and O–H groups in total. The number of thiophene rings is 1. The summed E-state index contributed by atoms with van der Waals surface area (Å²) in [5.41, 5.74) is 5.29. The molecule has 4 aromatic rings. The summed E-state index contributed by atoms with van der Waals surface area (Å²) in [5.74, 6) is 0.199.